The molecule has 158 valence electrons. The van der Waals surface area contributed by atoms with Gasteiger partial charge in [-0.3, -0.25) is 14.5 Å². The Kier molecular flexibility index (Phi) is 6.37. The average Bonchev–Trinajstić information content (AvgIpc) is 2.90. The smallest absolute Gasteiger partial charge is 0.414 e. The zero-order valence-corrected chi connectivity index (χ0v) is 16.3. The molecular formula is C18H24FN5O5. The summed E-state index contributed by atoms with van der Waals surface area (Å²) in [6.45, 7) is 3.12. The molecule has 11 heteroatoms. The number of amides is 4. The number of hydrogen-bond acceptors (Lipinski definition) is 6. The molecule has 4 amide bonds. The topological polar surface area (TPSA) is 103 Å². The summed E-state index contributed by atoms with van der Waals surface area (Å²) in [5.41, 5.74) is 0.734. The molecule has 0 radical (unpaired) electrons. The van der Waals surface area contributed by atoms with Gasteiger partial charge in [-0.05, 0) is 18.2 Å². The van der Waals surface area contributed by atoms with Crippen LogP contribution in [0.5, 0.6) is 0 Å². The molecule has 2 saturated heterocycles. The van der Waals surface area contributed by atoms with E-state index in [1.165, 1.54) is 30.0 Å². The molecule has 0 saturated carbocycles. The minimum absolute atomic E-state index is 0.202. The van der Waals surface area contributed by atoms with Crippen LogP contribution in [-0.4, -0.2) is 75.6 Å². The van der Waals surface area contributed by atoms with Crippen molar-refractivity contribution >= 4 is 29.4 Å². The largest absolute Gasteiger partial charge is 0.442 e. The first-order chi connectivity index (χ1) is 13.9. The molecule has 0 spiro atoms. The number of carbonyl (C=O) groups is 3. The molecule has 1 aromatic carbocycles. The molecule has 0 aliphatic carbocycles. The third kappa shape index (κ3) is 4.86. The number of ether oxygens (including phenoxy) is 1. The van der Waals surface area contributed by atoms with Crippen molar-refractivity contribution < 1.29 is 28.3 Å². The fraction of sp³-hybridized carbons (Fsp3) is 0.500. The lowest BCUT2D eigenvalue weighted by Gasteiger charge is -2.23. The van der Waals surface area contributed by atoms with Crippen LogP contribution >= 0.6 is 0 Å². The maximum absolute atomic E-state index is 14.8. The van der Waals surface area contributed by atoms with Crippen LogP contribution in [0.3, 0.4) is 0 Å². The minimum atomic E-state index is -0.586. The van der Waals surface area contributed by atoms with Gasteiger partial charge in [0.2, 0.25) is 5.91 Å². The first kappa shape index (κ1) is 20.6. The Hall–Kier alpha value is -3.08. The Labute approximate surface area is 167 Å². The summed E-state index contributed by atoms with van der Waals surface area (Å²) in [5.74, 6) is -0.708. The van der Waals surface area contributed by atoms with Crippen molar-refractivity contribution in [2.45, 2.75) is 13.0 Å². The molecule has 0 aromatic heterocycles. The molecule has 0 bridgehead atoms. The highest BCUT2D eigenvalue weighted by molar-refractivity contribution is 5.90. The first-order valence-corrected chi connectivity index (χ1v) is 9.28. The fourth-order valence-corrected chi connectivity index (χ4v) is 3.19. The van der Waals surface area contributed by atoms with Gasteiger partial charge in [0.15, 0.2) is 0 Å². The van der Waals surface area contributed by atoms with Crippen molar-refractivity contribution in [3.63, 3.8) is 0 Å². The van der Waals surface area contributed by atoms with E-state index in [9.17, 15) is 18.8 Å². The maximum atomic E-state index is 14.8. The highest BCUT2D eigenvalue weighted by Gasteiger charge is 2.33. The summed E-state index contributed by atoms with van der Waals surface area (Å²) < 4.78 is 20.0. The molecule has 1 atom stereocenters. The van der Waals surface area contributed by atoms with Crippen LogP contribution in [0.15, 0.2) is 18.2 Å². The minimum Gasteiger partial charge on any atom is -0.442 e. The van der Waals surface area contributed by atoms with Gasteiger partial charge in [-0.1, -0.05) is 0 Å². The van der Waals surface area contributed by atoms with Crippen molar-refractivity contribution in [3.8, 4) is 0 Å². The summed E-state index contributed by atoms with van der Waals surface area (Å²) in [6.07, 6.45) is -1.08. The van der Waals surface area contributed by atoms with Gasteiger partial charge < -0.3 is 20.3 Å². The van der Waals surface area contributed by atoms with Crippen LogP contribution in [0, 0.1) is 5.82 Å². The molecule has 3 rings (SSSR count). The molecule has 0 unspecified atom stereocenters. The van der Waals surface area contributed by atoms with Crippen molar-refractivity contribution in [2.75, 3.05) is 56.2 Å². The van der Waals surface area contributed by atoms with Crippen molar-refractivity contribution in [1.82, 2.24) is 15.7 Å². The summed E-state index contributed by atoms with van der Waals surface area (Å²) in [6, 6.07) is 4.15. The second-order valence-corrected chi connectivity index (χ2v) is 6.67. The van der Waals surface area contributed by atoms with Gasteiger partial charge in [0.1, 0.15) is 11.9 Å². The monoisotopic (exact) mass is 409 g/mol. The van der Waals surface area contributed by atoms with Crippen LogP contribution in [-0.2, 0) is 14.4 Å². The number of halogens is 1. The van der Waals surface area contributed by atoms with Crippen LogP contribution < -0.4 is 20.4 Å². The van der Waals surface area contributed by atoms with E-state index in [1.54, 1.807) is 17.0 Å². The highest BCUT2D eigenvalue weighted by atomic mass is 19.1. The lowest BCUT2D eigenvalue weighted by atomic mass is 10.2. The second-order valence-electron chi connectivity index (χ2n) is 6.67. The number of carbonyl (C=O) groups excluding carboxylic acids is 3. The van der Waals surface area contributed by atoms with E-state index < -0.39 is 18.0 Å². The van der Waals surface area contributed by atoms with Gasteiger partial charge in [-0.25, -0.2) is 19.0 Å². The quantitative estimate of drug-likeness (QED) is 0.758. The first-order valence-electron chi connectivity index (χ1n) is 9.28. The van der Waals surface area contributed by atoms with Crippen LogP contribution in [0.1, 0.15) is 6.92 Å². The van der Waals surface area contributed by atoms with E-state index in [0.29, 0.717) is 24.5 Å². The van der Waals surface area contributed by atoms with Crippen LogP contribution in [0.25, 0.3) is 0 Å². The third-order valence-electron chi connectivity index (χ3n) is 4.66. The van der Waals surface area contributed by atoms with Crippen LogP contribution in [0.4, 0.5) is 25.4 Å². The zero-order chi connectivity index (χ0) is 21.0. The third-order valence-corrected chi connectivity index (χ3v) is 4.66. The van der Waals surface area contributed by atoms with Gasteiger partial charge >= 0.3 is 12.1 Å². The number of benzene rings is 1. The molecule has 10 nitrogen and oxygen atoms in total. The number of anilines is 2. The van der Waals surface area contributed by atoms with E-state index in [2.05, 4.69) is 10.6 Å². The van der Waals surface area contributed by atoms with Gasteiger partial charge in [0.05, 0.1) is 37.6 Å². The van der Waals surface area contributed by atoms with Crippen LogP contribution in [0.2, 0.25) is 0 Å². The molecule has 2 fully saturated rings. The Balaban J connectivity index is 1.66. The van der Waals surface area contributed by atoms with Crippen molar-refractivity contribution in [1.29, 1.82) is 0 Å². The molecule has 2 aliphatic heterocycles. The summed E-state index contributed by atoms with van der Waals surface area (Å²) in [5, 5.41) is 6.29. The molecule has 29 heavy (non-hydrogen) atoms. The zero-order valence-electron chi connectivity index (χ0n) is 16.3. The molecular weight excluding hydrogens is 385 g/mol. The number of nitrogens with one attached hydrogen (secondary N) is 2. The summed E-state index contributed by atoms with van der Waals surface area (Å²) in [4.78, 5) is 43.3. The Morgan fingerprint density at radius 1 is 1.28 bits per heavy atom. The number of nitrogens with zero attached hydrogens (tertiary/aromatic N) is 3. The Morgan fingerprint density at radius 2 is 2.07 bits per heavy atom. The standard InChI is InChI=1S/C18H24FN5O5/c1-12(25)21-10-14-11-23(18(27)29-14)13-3-4-16(15(19)9-13)22-5-6-24(17(26)20-2)28-8-7-22/h3-4,9,14H,5-8,10-11H2,1-2H3,(H,20,26)(H,21,25)/t14-/m0/s1. The summed E-state index contributed by atoms with van der Waals surface area (Å²) >= 11 is 0. The summed E-state index contributed by atoms with van der Waals surface area (Å²) in [7, 11) is 1.51. The van der Waals surface area contributed by atoms with Gasteiger partial charge in [-0.2, -0.15) is 0 Å². The Morgan fingerprint density at radius 3 is 2.76 bits per heavy atom. The van der Waals surface area contributed by atoms with Crippen molar-refractivity contribution in [3.05, 3.63) is 24.0 Å². The van der Waals surface area contributed by atoms with Gasteiger partial charge in [-0.15, -0.1) is 0 Å². The highest BCUT2D eigenvalue weighted by Crippen LogP contribution is 2.28. The lowest BCUT2D eigenvalue weighted by molar-refractivity contribution is -0.119. The number of rotatable bonds is 4. The second kappa shape index (κ2) is 8.95. The number of hydrogen-bond donors (Lipinski definition) is 2. The van der Waals surface area contributed by atoms with E-state index in [-0.39, 0.29) is 38.2 Å². The molecule has 1 aromatic rings. The SMILES string of the molecule is CNC(=O)N1CCN(c2ccc(N3C[C@H](CNC(C)=O)OC3=O)cc2F)CCO1. The van der Waals surface area contributed by atoms with Gasteiger partial charge in [0.25, 0.3) is 0 Å². The Bertz CT molecular complexity index is 792. The van der Waals surface area contributed by atoms with E-state index >= 15 is 0 Å². The number of urea groups is 1. The average molecular weight is 409 g/mol. The van der Waals surface area contributed by atoms with Gasteiger partial charge in [0, 0.05) is 27.1 Å². The predicted octanol–water partition coefficient (Wildman–Crippen LogP) is 0.680. The predicted molar refractivity (Wildman–Crippen MR) is 102 cm³/mol. The van der Waals surface area contributed by atoms with E-state index in [1.807, 2.05) is 0 Å². The maximum Gasteiger partial charge on any atom is 0.414 e. The fourth-order valence-electron chi connectivity index (χ4n) is 3.19. The van der Waals surface area contributed by atoms with Crippen molar-refractivity contribution in [2.24, 2.45) is 0 Å². The molecule has 2 aliphatic rings. The van der Waals surface area contributed by atoms with E-state index in [4.69, 9.17) is 9.57 Å². The van der Waals surface area contributed by atoms with E-state index in [0.717, 1.165) is 0 Å². The molecule has 2 N–H and O–H groups in total. The molecule has 2 heterocycles. The normalized spacial score (nSPS) is 19.6. The number of cyclic esters (lactones) is 1. The lowest BCUT2D eigenvalue weighted by Crippen LogP contribution is -2.39. The number of hydroxylamine groups is 2.